The zero-order valence-electron chi connectivity index (χ0n) is 15.8. The number of pyridine rings is 1. The van der Waals surface area contributed by atoms with Gasteiger partial charge in [-0.2, -0.15) is 5.11 Å². The number of aryl methyl sites for hydroxylation is 1. The van der Waals surface area contributed by atoms with Gasteiger partial charge in [-0.1, -0.05) is 17.4 Å². The van der Waals surface area contributed by atoms with E-state index in [9.17, 15) is 9.90 Å². The maximum atomic E-state index is 11.2. The first kappa shape index (κ1) is 18.5. The second-order valence-electron chi connectivity index (χ2n) is 7.08. The molecule has 8 nitrogen and oxygen atoms in total. The van der Waals surface area contributed by atoms with Crippen molar-refractivity contribution in [3.63, 3.8) is 0 Å². The molecule has 1 fully saturated rings. The first-order valence-electron chi connectivity index (χ1n) is 9.37. The van der Waals surface area contributed by atoms with E-state index in [1.807, 2.05) is 19.2 Å². The highest BCUT2D eigenvalue weighted by Gasteiger charge is 2.24. The van der Waals surface area contributed by atoms with Crippen molar-refractivity contribution in [2.75, 3.05) is 37.9 Å². The standard InChI is InChI=1S/C20H23N5O3/c1-14-2-3-15(20(26)27)10-19(14)25-13-18(22-23-25)16-4-5-17(21-11-16)12-24-6-8-28-9-7-24/h2-5,10-11,18H,6-9,12-13H2,1H3,(H,26,27). The normalized spacial score (nSPS) is 19.9. The van der Waals surface area contributed by atoms with Gasteiger partial charge in [-0.25, -0.2) is 9.80 Å². The van der Waals surface area contributed by atoms with E-state index >= 15 is 0 Å². The van der Waals surface area contributed by atoms with Gasteiger partial charge >= 0.3 is 5.97 Å². The molecule has 1 N–H and O–H groups in total. The predicted octanol–water partition coefficient (Wildman–Crippen LogP) is 2.85. The molecule has 0 bridgehead atoms. The number of ether oxygens (including phenoxy) is 1. The molecule has 3 heterocycles. The Morgan fingerprint density at radius 1 is 1.25 bits per heavy atom. The molecule has 1 aromatic heterocycles. The summed E-state index contributed by atoms with van der Waals surface area (Å²) in [5.74, 6) is -0.950. The number of hydrogen-bond donors (Lipinski definition) is 1. The van der Waals surface area contributed by atoms with Gasteiger partial charge in [0.05, 0.1) is 36.7 Å². The lowest BCUT2D eigenvalue weighted by Gasteiger charge is -2.26. The zero-order valence-corrected chi connectivity index (χ0v) is 15.8. The molecule has 4 rings (SSSR count). The minimum absolute atomic E-state index is 0.113. The molecule has 0 aliphatic carbocycles. The number of carboxylic acid groups (broad SMARTS) is 1. The van der Waals surface area contributed by atoms with Crippen LogP contribution in [-0.4, -0.2) is 53.8 Å². The summed E-state index contributed by atoms with van der Waals surface area (Å²) in [5.41, 5.74) is 4.01. The molecular formula is C20H23N5O3. The fraction of sp³-hybridized carbons (Fsp3) is 0.400. The van der Waals surface area contributed by atoms with Crippen molar-refractivity contribution in [2.24, 2.45) is 10.3 Å². The molecule has 1 atom stereocenters. The number of benzene rings is 1. The lowest BCUT2D eigenvalue weighted by atomic mass is 10.1. The Bertz CT molecular complexity index is 878. The van der Waals surface area contributed by atoms with Gasteiger partial charge in [0, 0.05) is 25.8 Å². The summed E-state index contributed by atoms with van der Waals surface area (Å²) in [6.07, 6.45) is 1.86. The second kappa shape index (κ2) is 8.04. The van der Waals surface area contributed by atoms with Crippen molar-refractivity contribution in [2.45, 2.75) is 19.5 Å². The minimum Gasteiger partial charge on any atom is -0.478 e. The first-order valence-corrected chi connectivity index (χ1v) is 9.37. The number of anilines is 1. The van der Waals surface area contributed by atoms with Crippen LogP contribution in [0.4, 0.5) is 5.69 Å². The molecule has 1 unspecified atom stereocenters. The van der Waals surface area contributed by atoms with Crippen molar-refractivity contribution in [3.8, 4) is 0 Å². The molecule has 1 saturated heterocycles. The highest BCUT2D eigenvalue weighted by molar-refractivity contribution is 5.89. The van der Waals surface area contributed by atoms with Crippen LogP contribution in [0.5, 0.6) is 0 Å². The van der Waals surface area contributed by atoms with Gasteiger partial charge in [0.25, 0.3) is 0 Å². The average Bonchev–Trinajstić information content (AvgIpc) is 3.19. The monoisotopic (exact) mass is 381 g/mol. The van der Waals surface area contributed by atoms with Gasteiger partial charge < -0.3 is 9.84 Å². The van der Waals surface area contributed by atoms with Crippen LogP contribution in [0, 0.1) is 6.92 Å². The summed E-state index contributed by atoms with van der Waals surface area (Å²) in [7, 11) is 0. The summed E-state index contributed by atoms with van der Waals surface area (Å²) in [4.78, 5) is 18.2. The third-order valence-electron chi connectivity index (χ3n) is 5.10. The second-order valence-corrected chi connectivity index (χ2v) is 7.08. The lowest BCUT2D eigenvalue weighted by Crippen LogP contribution is -2.35. The molecule has 8 heteroatoms. The van der Waals surface area contributed by atoms with Crippen molar-refractivity contribution < 1.29 is 14.6 Å². The van der Waals surface area contributed by atoms with Gasteiger partial charge in [0.15, 0.2) is 0 Å². The molecule has 2 aromatic rings. The molecule has 0 radical (unpaired) electrons. The Labute approximate surface area is 163 Å². The largest absolute Gasteiger partial charge is 0.478 e. The van der Waals surface area contributed by atoms with Crippen LogP contribution < -0.4 is 5.01 Å². The summed E-state index contributed by atoms with van der Waals surface area (Å²) < 4.78 is 5.38. The Hall–Kier alpha value is -2.84. The van der Waals surface area contributed by atoms with E-state index in [-0.39, 0.29) is 11.6 Å². The van der Waals surface area contributed by atoms with Crippen molar-refractivity contribution in [1.29, 1.82) is 0 Å². The number of nitrogens with zero attached hydrogens (tertiary/aromatic N) is 5. The molecule has 0 spiro atoms. The van der Waals surface area contributed by atoms with Gasteiger partial charge in [0.1, 0.15) is 6.04 Å². The van der Waals surface area contributed by atoms with E-state index in [1.54, 1.807) is 23.2 Å². The summed E-state index contributed by atoms with van der Waals surface area (Å²) in [6, 6.07) is 9.02. The Morgan fingerprint density at radius 3 is 2.79 bits per heavy atom. The Balaban J connectivity index is 1.42. The predicted molar refractivity (Wildman–Crippen MR) is 103 cm³/mol. The number of rotatable bonds is 5. The molecule has 2 aliphatic rings. The van der Waals surface area contributed by atoms with Gasteiger partial charge in [-0.3, -0.25) is 9.88 Å². The highest BCUT2D eigenvalue weighted by Crippen LogP contribution is 2.31. The van der Waals surface area contributed by atoms with Gasteiger partial charge in [0.2, 0.25) is 0 Å². The van der Waals surface area contributed by atoms with E-state index in [0.29, 0.717) is 6.54 Å². The summed E-state index contributed by atoms with van der Waals surface area (Å²) in [6.45, 7) is 6.75. The lowest BCUT2D eigenvalue weighted by molar-refractivity contribution is 0.0336. The number of carboxylic acids is 1. The van der Waals surface area contributed by atoms with Gasteiger partial charge in [-0.05, 0) is 36.2 Å². The average molecular weight is 381 g/mol. The maximum Gasteiger partial charge on any atom is 0.335 e. The van der Waals surface area contributed by atoms with E-state index in [2.05, 4.69) is 26.3 Å². The van der Waals surface area contributed by atoms with Crippen LogP contribution in [-0.2, 0) is 11.3 Å². The molecule has 0 amide bonds. The third kappa shape index (κ3) is 4.02. The molecule has 2 aliphatic heterocycles. The maximum absolute atomic E-state index is 11.2. The van der Waals surface area contributed by atoms with Crippen molar-refractivity contribution >= 4 is 11.7 Å². The van der Waals surface area contributed by atoms with E-state index in [1.165, 1.54) is 0 Å². The number of aromatic carboxylic acids is 1. The van der Waals surface area contributed by atoms with E-state index in [4.69, 9.17) is 4.74 Å². The van der Waals surface area contributed by atoms with E-state index in [0.717, 1.165) is 55.4 Å². The summed E-state index contributed by atoms with van der Waals surface area (Å²) in [5, 5.41) is 19.6. The van der Waals surface area contributed by atoms with Crippen molar-refractivity contribution in [3.05, 3.63) is 58.9 Å². The van der Waals surface area contributed by atoms with Crippen molar-refractivity contribution in [1.82, 2.24) is 9.88 Å². The number of morpholine rings is 1. The Morgan fingerprint density at radius 2 is 2.07 bits per heavy atom. The number of aromatic nitrogens is 1. The quantitative estimate of drug-likeness (QED) is 0.856. The van der Waals surface area contributed by atoms with Crippen LogP contribution in [0.25, 0.3) is 0 Å². The fourth-order valence-electron chi connectivity index (χ4n) is 3.42. The van der Waals surface area contributed by atoms with Gasteiger partial charge in [-0.15, -0.1) is 0 Å². The first-order chi connectivity index (χ1) is 13.6. The molecule has 1 aromatic carbocycles. The van der Waals surface area contributed by atoms with Crippen LogP contribution in [0.2, 0.25) is 0 Å². The van der Waals surface area contributed by atoms with Crippen LogP contribution in [0.15, 0.2) is 46.9 Å². The minimum atomic E-state index is -0.950. The van der Waals surface area contributed by atoms with Crippen LogP contribution >= 0.6 is 0 Å². The van der Waals surface area contributed by atoms with E-state index < -0.39 is 5.97 Å². The Kier molecular flexibility index (Phi) is 5.31. The molecular weight excluding hydrogens is 358 g/mol. The van der Waals surface area contributed by atoms with Crippen LogP contribution in [0.1, 0.15) is 33.2 Å². The fourth-order valence-corrected chi connectivity index (χ4v) is 3.42. The number of carbonyl (C=O) groups is 1. The zero-order chi connectivity index (χ0) is 19.5. The molecule has 28 heavy (non-hydrogen) atoms. The number of hydrogen-bond acceptors (Lipinski definition) is 7. The smallest absolute Gasteiger partial charge is 0.335 e. The topological polar surface area (TPSA) is 90.6 Å². The van der Waals surface area contributed by atoms with Crippen LogP contribution in [0.3, 0.4) is 0 Å². The highest BCUT2D eigenvalue weighted by atomic mass is 16.5. The summed E-state index contributed by atoms with van der Waals surface area (Å²) >= 11 is 0. The SMILES string of the molecule is Cc1ccc(C(=O)O)cc1N1CC(c2ccc(CN3CCOCC3)nc2)N=N1. The third-order valence-corrected chi connectivity index (χ3v) is 5.10. The molecule has 146 valence electrons. The molecule has 0 saturated carbocycles.